The highest BCUT2D eigenvalue weighted by molar-refractivity contribution is 6.08. The number of nitriles is 1. The highest BCUT2D eigenvalue weighted by atomic mass is 16.1. The molecule has 0 aliphatic carbocycles. The largest absolute Gasteiger partial charge is 0.305 e. The van der Waals surface area contributed by atoms with Gasteiger partial charge in [-0.2, -0.15) is 10.4 Å². The number of aromatic nitrogens is 2. The molecule has 3 aromatic carbocycles. The van der Waals surface area contributed by atoms with Crippen LogP contribution in [0.15, 0.2) is 60.7 Å². The first-order valence-corrected chi connectivity index (χ1v) is 8.92. The minimum Gasteiger partial charge on any atom is -0.305 e. The van der Waals surface area contributed by atoms with Crippen molar-refractivity contribution in [3.8, 4) is 17.2 Å². The van der Waals surface area contributed by atoms with E-state index < -0.39 is 0 Å². The molecule has 1 aromatic heterocycles. The fraction of sp³-hybridized carbons (Fsp3) is 0.0870. The first kappa shape index (κ1) is 17.5. The standard InChI is InChI=1S/C23H18N4O/c1-14-8-15(2)10-19(9-14)17-6-7-20-21(12-17)26-27-22(20)25-23(28)18-5-3-4-16(11-18)13-24/h3-12H,1-2H3,(H2,25,26,27,28). The number of anilines is 1. The average Bonchev–Trinajstić information content (AvgIpc) is 3.09. The summed E-state index contributed by atoms with van der Waals surface area (Å²) < 4.78 is 0. The Morgan fingerprint density at radius 1 is 1.00 bits per heavy atom. The van der Waals surface area contributed by atoms with Gasteiger partial charge in [-0.05, 0) is 55.3 Å². The lowest BCUT2D eigenvalue weighted by Crippen LogP contribution is -2.12. The maximum atomic E-state index is 12.5. The van der Waals surface area contributed by atoms with E-state index in [0.29, 0.717) is 16.9 Å². The van der Waals surface area contributed by atoms with Gasteiger partial charge in [-0.25, -0.2) is 0 Å². The van der Waals surface area contributed by atoms with E-state index in [4.69, 9.17) is 5.26 Å². The molecule has 0 aliphatic rings. The molecule has 2 N–H and O–H groups in total. The summed E-state index contributed by atoms with van der Waals surface area (Å²) in [4.78, 5) is 12.5. The molecule has 0 saturated heterocycles. The Labute approximate surface area is 162 Å². The molecule has 136 valence electrons. The molecule has 0 bridgehead atoms. The van der Waals surface area contributed by atoms with Gasteiger partial charge in [-0.3, -0.25) is 9.89 Å². The zero-order chi connectivity index (χ0) is 19.7. The van der Waals surface area contributed by atoms with Gasteiger partial charge in [-0.1, -0.05) is 41.5 Å². The van der Waals surface area contributed by atoms with Crippen LogP contribution in [0.1, 0.15) is 27.0 Å². The smallest absolute Gasteiger partial charge is 0.256 e. The normalized spacial score (nSPS) is 10.6. The number of amides is 1. The van der Waals surface area contributed by atoms with E-state index in [1.807, 2.05) is 24.3 Å². The molecule has 1 heterocycles. The van der Waals surface area contributed by atoms with Gasteiger partial charge in [0.1, 0.15) is 0 Å². The lowest BCUT2D eigenvalue weighted by molar-refractivity contribution is 0.102. The Morgan fingerprint density at radius 3 is 2.54 bits per heavy atom. The van der Waals surface area contributed by atoms with Gasteiger partial charge in [0, 0.05) is 10.9 Å². The molecule has 1 amide bonds. The van der Waals surface area contributed by atoms with Crippen LogP contribution in [0.25, 0.3) is 22.0 Å². The molecule has 0 aliphatic heterocycles. The van der Waals surface area contributed by atoms with Crippen LogP contribution in [-0.2, 0) is 0 Å². The monoisotopic (exact) mass is 366 g/mol. The van der Waals surface area contributed by atoms with Gasteiger partial charge in [-0.15, -0.1) is 0 Å². The van der Waals surface area contributed by atoms with Crippen LogP contribution in [0, 0.1) is 25.2 Å². The van der Waals surface area contributed by atoms with E-state index in [1.54, 1.807) is 24.3 Å². The van der Waals surface area contributed by atoms with Gasteiger partial charge in [0.05, 0.1) is 17.1 Å². The third kappa shape index (κ3) is 3.36. The second kappa shape index (κ2) is 7.01. The molecule has 0 saturated carbocycles. The fourth-order valence-corrected chi connectivity index (χ4v) is 3.35. The maximum Gasteiger partial charge on any atom is 0.256 e. The van der Waals surface area contributed by atoms with Gasteiger partial charge >= 0.3 is 0 Å². The van der Waals surface area contributed by atoms with Crippen LogP contribution in [0.3, 0.4) is 0 Å². The van der Waals surface area contributed by atoms with Crippen LogP contribution in [0.4, 0.5) is 5.82 Å². The molecule has 0 atom stereocenters. The van der Waals surface area contributed by atoms with Crippen molar-refractivity contribution in [1.29, 1.82) is 5.26 Å². The molecule has 0 spiro atoms. The van der Waals surface area contributed by atoms with Gasteiger partial charge < -0.3 is 5.32 Å². The van der Waals surface area contributed by atoms with E-state index in [2.05, 4.69) is 47.6 Å². The third-order valence-corrected chi connectivity index (χ3v) is 4.60. The minimum absolute atomic E-state index is 0.302. The molecular formula is C23H18N4O. The number of rotatable bonds is 3. The number of benzene rings is 3. The number of fused-ring (bicyclic) bond motifs is 1. The van der Waals surface area contributed by atoms with Crippen molar-refractivity contribution < 1.29 is 4.79 Å². The SMILES string of the molecule is Cc1cc(C)cc(-c2ccc3c(NC(=O)c4cccc(C#N)c4)n[nH]c3c2)c1. The predicted octanol–water partition coefficient (Wildman–Crippen LogP) is 4.97. The first-order chi connectivity index (χ1) is 13.5. The van der Waals surface area contributed by atoms with E-state index in [9.17, 15) is 4.79 Å². The fourth-order valence-electron chi connectivity index (χ4n) is 3.35. The van der Waals surface area contributed by atoms with Crippen molar-refractivity contribution in [3.05, 3.63) is 82.9 Å². The van der Waals surface area contributed by atoms with Crippen molar-refractivity contribution in [3.63, 3.8) is 0 Å². The number of aryl methyl sites for hydroxylation is 2. The number of aromatic amines is 1. The highest BCUT2D eigenvalue weighted by Gasteiger charge is 2.12. The molecule has 5 nitrogen and oxygen atoms in total. The Morgan fingerprint density at radius 2 is 1.79 bits per heavy atom. The second-order valence-electron chi connectivity index (χ2n) is 6.86. The molecular weight excluding hydrogens is 348 g/mol. The second-order valence-corrected chi connectivity index (χ2v) is 6.86. The Balaban J connectivity index is 1.65. The van der Waals surface area contributed by atoms with Crippen molar-refractivity contribution in [2.75, 3.05) is 5.32 Å². The van der Waals surface area contributed by atoms with E-state index >= 15 is 0 Å². The van der Waals surface area contributed by atoms with Crippen LogP contribution < -0.4 is 5.32 Å². The minimum atomic E-state index is -0.302. The molecule has 4 rings (SSSR count). The highest BCUT2D eigenvalue weighted by Crippen LogP contribution is 2.28. The number of carbonyl (C=O) groups excluding carboxylic acids is 1. The van der Waals surface area contributed by atoms with Crippen LogP contribution >= 0.6 is 0 Å². The van der Waals surface area contributed by atoms with Crippen molar-refractivity contribution in [2.24, 2.45) is 0 Å². The lowest BCUT2D eigenvalue weighted by Gasteiger charge is -2.06. The van der Waals surface area contributed by atoms with Crippen molar-refractivity contribution in [1.82, 2.24) is 10.2 Å². The molecule has 4 aromatic rings. The van der Waals surface area contributed by atoms with Gasteiger partial charge in [0.2, 0.25) is 0 Å². The summed E-state index contributed by atoms with van der Waals surface area (Å²) in [6.45, 7) is 4.17. The Bertz CT molecular complexity index is 1230. The summed E-state index contributed by atoms with van der Waals surface area (Å²) in [5, 5.41) is 19.9. The summed E-state index contributed by atoms with van der Waals surface area (Å²) >= 11 is 0. The summed E-state index contributed by atoms with van der Waals surface area (Å²) in [7, 11) is 0. The number of nitrogens with zero attached hydrogens (tertiary/aromatic N) is 2. The van der Waals surface area contributed by atoms with Crippen molar-refractivity contribution >= 4 is 22.6 Å². The number of H-pyrrole nitrogens is 1. The zero-order valence-corrected chi connectivity index (χ0v) is 15.6. The summed E-state index contributed by atoms with van der Waals surface area (Å²) in [5.41, 5.74) is 6.37. The number of nitrogens with one attached hydrogen (secondary N) is 2. The molecule has 28 heavy (non-hydrogen) atoms. The maximum absolute atomic E-state index is 12.5. The lowest BCUT2D eigenvalue weighted by atomic mass is 10.00. The summed E-state index contributed by atoms with van der Waals surface area (Å²) in [5.74, 6) is 0.165. The molecule has 0 radical (unpaired) electrons. The number of hydrogen-bond acceptors (Lipinski definition) is 3. The predicted molar refractivity (Wildman–Crippen MR) is 110 cm³/mol. The Kier molecular flexibility index (Phi) is 4.38. The van der Waals surface area contributed by atoms with Gasteiger partial charge in [0.15, 0.2) is 5.82 Å². The number of carbonyl (C=O) groups is 1. The van der Waals surface area contributed by atoms with Crippen LogP contribution in [0.5, 0.6) is 0 Å². The van der Waals surface area contributed by atoms with E-state index in [0.717, 1.165) is 22.0 Å². The Hall–Kier alpha value is -3.91. The molecule has 0 unspecified atom stereocenters. The zero-order valence-electron chi connectivity index (χ0n) is 15.6. The van der Waals surface area contributed by atoms with Crippen molar-refractivity contribution in [2.45, 2.75) is 13.8 Å². The topological polar surface area (TPSA) is 81.6 Å². The summed E-state index contributed by atoms with van der Waals surface area (Å²) in [6, 6.07) is 21.1. The third-order valence-electron chi connectivity index (χ3n) is 4.60. The van der Waals surface area contributed by atoms with E-state index in [1.165, 1.54) is 11.1 Å². The van der Waals surface area contributed by atoms with Crippen LogP contribution in [-0.4, -0.2) is 16.1 Å². The summed E-state index contributed by atoms with van der Waals surface area (Å²) in [6.07, 6.45) is 0. The molecule has 5 heteroatoms. The average molecular weight is 366 g/mol. The van der Waals surface area contributed by atoms with E-state index in [-0.39, 0.29) is 5.91 Å². The van der Waals surface area contributed by atoms with Crippen LogP contribution in [0.2, 0.25) is 0 Å². The quantitative estimate of drug-likeness (QED) is 0.537. The number of hydrogen-bond donors (Lipinski definition) is 2. The first-order valence-electron chi connectivity index (χ1n) is 8.92. The molecule has 0 fully saturated rings. The van der Waals surface area contributed by atoms with Gasteiger partial charge in [0.25, 0.3) is 5.91 Å².